The number of ether oxygens (including phenoxy) is 1. The van der Waals surface area contributed by atoms with Gasteiger partial charge in [0, 0.05) is 11.7 Å². The standard InChI is InChI=1S/C9H16O3S/c1-5-4-8(9(11)12-5)13-7(3)6(2)10/h5-8,10H,4H2,1-3H3/t5-,6+,7+,8-/m1/s1. The summed E-state index contributed by atoms with van der Waals surface area (Å²) >= 11 is 1.50. The SMILES string of the molecule is C[C@@H]1C[C@@H](S[C@@H](C)[C@H](C)O)C(=O)O1. The van der Waals surface area contributed by atoms with Gasteiger partial charge in [-0.2, -0.15) is 0 Å². The summed E-state index contributed by atoms with van der Waals surface area (Å²) < 4.78 is 5.01. The lowest BCUT2D eigenvalue weighted by molar-refractivity contribution is -0.140. The number of rotatable bonds is 3. The number of hydrogen-bond acceptors (Lipinski definition) is 4. The molecule has 1 N–H and O–H groups in total. The second-order valence-corrected chi connectivity index (χ2v) is 5.14. The Hall–Kier alpha value is -0.220. The van der Waals surface area contributed by atoms with Crippen molar-refractivity contribution in [3.05, 3.63) is 0 Å². The average molecular weight is 204 g/mol. The second kappa shape index (κ2) is 4.33. The first-order valence-electron chi connectivity index (χ1n) is 4.54. The van der Waals surface area contributed by atoms with Crippen LogP contribution in [0.3, 0.4) is 0 Å². The number of esters is 1. The molecular weight excluding hydrogens is 188 g/mol. The number of aliphatic hydroxyl groups excluding tert-OH is 1. The van der Waals surface area contributed by atoms with Gasteiger partial charge < -0.3 is 9.84 Å². The molecule has 13 heavy (non-hydrogen) atoms. The van der Waals surface area contributed by atoms with Gasteiger partial charge in [-0.15, -0.1) is 11.8 Å². The normalized spacial score (nSPS) is 32.8. The molecule has 0 bridgehead atoms. The van der Waals surface area contributed by atoms with Gasteiger partial charge in [0.1, 0.15) is 11.4 Å². The van der Waals surface area contributed by atoms with E-state index in [2.05, 4.69) is 0 Å². The fraction of sp³-hybridized carbons (Fsp3) is 0.889. The minimum atomic E-state index is -0.381. The van der Waals surface area contributed by atoms with E-state index in [1.165, 1.54) is 11.8 Å². The van der Waals surface area contributed by atoms with Crippen LogP contribution in [-0.4, -0.2) is 33.8 Å². The van der Waals surface area contributed by atoms with E-state index >= 15 is 0 Å². The van der Waals surface area contributed by atoms with Gasteiger partial charge in [-0.05, 0) is 13.8 Å². The van der Waals surface area contributed by atoms with Crippen molar-refractivity contribution in [3.63, 3.8) is 0 Å². The van der Waals surface area contributed by atoms with Crippen molar-refractivity contribution in [1.82, 2.24) is 0 Å². The predicted octanol–water partition coefficient (Wildman–Crippen LogP) is 1.19. The van der Waals surface area contributed by atoms with Crippen LogP contribution in [-0.2, 0) is 9.53 Å². The molecule has 0 radical (unpaired) electrons. The lowest BCUT2D eigenvalue weighted by Crippen LogP contribution is -2.21. The van der Waals surface area contributed by atoms with Gasteiger partial charge in [0.15, 0.2) is 0 Å². The summed E-state index contributed by atoms with van der Waals surface area (Å²) in [5.41, 5.74) is 0. The number of carbonyl (C=O) groups is 1. The largest absolute Gasteiger partial charge is 0.462 e. The van der Waals surface area contributed by atoms with Crippen molar-refractivity contribution < 1.29 is 14.6 Å². The summed E-state index contributed by atoms with van der Waals surface area (Å²) in [7, 11) is 0. The molecule has 1 rings (SSSR count). The van der Waals surface area contributed by atoms with Crippen LogP contribution in [0.15, 0.2) is 0 Å². The van der Waals surface area contributed by atoms with Crippen LogP contribution < -0.4 is 0 Å². The Morgan fingerprint density at radius 2 is 2.23 bits per heavy atom. The monoisotopic (exact) mass is 204 g/mol. The minimum absolute atomic E-state index is 0.0335. The van der Waals surface area contributed by atoms with Crippen LogP contribution >= 0.6 is 11.8 Å². The number of thioether (sulfide) groups is 1. The smallest absolute Gasteiger partial charge is 0.319 e. The summed E-state index contributed by atoms with van der Waals surface area (Å²) in [4.78, 5) is 11.2. The predicted molar refractivity (Wildman–Crippen MR) is 52.7 cm³/mol. The highest BCUT2D eigenvalue weighted by Gasteiger charge is 2.34. The molecule has 0 unspecified atom stereocenters. The highest BCUT2D eigenvalue weighted by Crippen LogP contribution is 2.30. The molecule has 1 saturated heterocycles. The first kappa shape index (κ1) is 10.9. The molecule has 1 heterocycles. The fourth-order valence-corrected chi connectivity index (χ4v) is 2.50. The third-order valence-corrected chi connectivity index (χ3v) is 3.72. The van der Waals surface area contributed by atoms with E-state index in [-0.39, 0.29) is 28.7 Å². The maximum absolute atomic E-state index is 11.2. The Morgan fingerprint density at radius 3 is 2.62 bits per heavy atom. The highest BCUT2D eigenvalue weighted by atomic mass is 32.2. The molecule has 0 aliphatic carbocycles. The van der Waals surface area contributed by atoms with Crippen LogP contribution in [0.1, 0.15) is 27.2 Å². The second-order valence-electron chi connectivity index (χ2n) is 3.55. The Bertz CT molecular complexity index is 193. The van der Waals surface area contributed by atoms with Crippen LogP contribution in [0.4, 0.5) is 0 Å². The molecule has 0 spiro atoms. The summed E-state index contributed by atoms with van der Waals surface area (Å²) in [5.74, 6) is -0.134. The van der Waals surface area contributed by atoms with Crippen molar-refractivity contribution in [3.8, 4) is 0 Å². The van der Waals surface area contributed by atoms with E-state index in [1.807, 2.05) is 13.8 Å². The van der Waals surface area contributed by atoms with Crippen molar-refractivity contribution in [2.75, 3.05) is 0 Å². The number of aliphatic hydroxyl groups is 1. The van der Waals surface area contributed by atoms with Gasteiger partial charge in [-0.25, -0.2) is 0 Å². The Kier molecular flexibility index (Phi) is 3.62. The molecule has 76 valence electrons. The molecular formula is C9H16O3S. The molecule has 1 aliphatic heterocycles. The molecule has 0 saturated carbocycles. The first-order valence-corrected chi connectivity index (χ1v) is 5.49. The molecule has 4 heteroatoms. The van der Waals surface area contributed by atoms with E-state index < -0.39 is 0 Å². The number of cyclic esters (lactones) is 1. The van der Waals surface area contributed by atoms with E-state index in [4.69, 9.17) is 4.74 Å². The molecule has 0 amide bonds. The maximum atomic E-state index is 11.2. The van der Waals surface area contributed by atoms with Crippen LogP contribution in [0, 0.1) is 0 Å². The van der Waals surface area contributed by atoms with E-state index in [0.717, 1.165) is 6.42 Å². The zero-order valence-corrected chi connectivity index (χ0v) is 9.00. The fourth-order valence-electron chi connectivity index (χ4n) is 1.20. The Balaban J connectivity index is 2.41. The third kappa shape index (κ3) is 2.88. The third-order valence-electron chi connectivity index (χ3n) is 2.18. The molecule has 3 nitrogen and oxygen atoms in total. The van der Waals surface area contributed by atoms with Gasteiger partial charge in [0.25, 0.3) is 0 Å². The van der Waals surface area contributed by atoms with Gasteiger partial charge in [-0.3, -0.25) is 4.79 Å². The zero-order chi connectivity index (χ0) is 10.0. The van der Waals surface area contributed by atoms with Crippen LogP contribution in [0.25, 0.3) is 0 Å². The summed E-state index contributed by atoms with van der Waals surface area (Å²) in [6.07, 6.45) is 0.417. The maximum Gasteiger partial charge on any atom is 0.319 e. The summed E-state index contributed by atoms with van der Waals surface area (Å²) in [6.45, 7) is 5.55. The van der Waals surface area contributed by atoms with Gasteiger partial charge >= 0.3 is 5.97 Å². The van der Waals surface area contributed by atoms with Crippen LogP contribution in [0.5, 0.6) is 0 Å². The molecule has 0 aromatic carbocycles. The minimum Gasteiger partial charge on any atom is -0.462 e. The Morgan fingerprint density at radius 1 is 1.62 bits per heavy atom. The zero-order valence-electron chi connectivity index (χ0n) is 8.19. The molecule has 1 aliphatic rings. The molecule has 0 aromatic rings. The lowest BCUT2D eigenvalue weighted by Gasteiger charge is -2.16. The van der Waals surface area contributed by atoms with Gasteiger partial charge in [0.2, 0.25) is 0 Å². The topological polar surface area (TPSA) is 46.5 Å². The Labute approximate surface area is 82.8 Å². The lowest BCUT2D eigenvalue weighted by atomic mass is 10.2. The number of hydrogen-bond donors (Lipinski definition) is 1. The van der Waals surface area contributed by atoms with Gasteiger partial charge in [0.05, 0.1) is 6.10 Å². The highest BCUT2D eigenvalue weighted by molar-refractivity contribution is 8.01. The van der Waals surface area contributed by atoms with Crippen molar-refractivity contribution in [2.45, 2.75) is 49.9 Å². The van der Waals surface area contributed by atoms with E-state index in [9.17, 15) is 9.90 Å². The van der Waals surface area contributed by atoms with E-state index in [0.29, 0.717) is 0 Å². The molecule has 1 fully saturated rings. The van der Waals surface area contributed by atoms with Crippen molar-refractivity contribution in [2.24, 2.45) is 0 Å². The number of carbonyl (C=O) groups excluding carboxylic acids is 1. The van der Waals surface area contributed by atoms with Gasteiger partial charge in [-0.1, -0.05) is 6.92 Å². The quantitative estimate of drug-likeness (QED) is 0.702. The average Bonchev–Trinajstić information content (AvgIpc) is 2.30. The van der Waals surface area contributed by atoms with E-state index in [1.54, 1.807) is 6.92 Å². The van der Waals surface area contributed by atoms with Crippen molar-refractivity contribution >= 4 is 17.7 Å². The molecule has 0 aromatic heterocycles. The van der Waals surface area contributed by atoms with Crippen molar-refractivity contribution in [1.29, 1.82) is 0 Å². The first-order chi connectivity index (χ1) is 6.00. The van der Waals surface area contributed by atoms with Crippen LogP contribution in [0.2, 0.25) is 0 Å². The summed E-state index contributed by atoms with van der Waals surface area (Å²) in [6, 6.07) is 0. The molecule has 4 atom stereocenters. The summed E-state index contributed by atoms with van der Waals surface area (Å²) in [5, 5.41) is 9.26.